The maximum atomic E-state index is 5.79. The highest BCUT2D eigenvalue weighted by Gasteiger charge is 2.08. The van der Waals surface area contributed by atoms with Crippen LogP contribution in [0.15, 0.2) is 54.6 Å². The Bertz CT molecular complexity index is 533. The van der Waals surface area contributed by atoms with E-state index in [4.69, 9.17) is 4.74 Å². The lowest BCUT2D eigenvalue weighted by atomic mass is 10.1. The van der Waals surface area contributed by atoms with Gasteiger partial charge in [0.1, 0.15) is 11.5 Å². The van der Waals surface area contributed by atoms with Crippen LogP contribution in [0.25, 0.3) is 0 Å². The van der Waals surface area contributed by atoms with Crippen LogP contribution >= 0.6 is 0 Å². The number of nitrogens with zero attached hydrogens (tertiary/aromatic N) is 1. The molecule has 2 aromatic rings. The third kappa shape index (κ3) is 4.23. The molecule has 1 aliphatic heterocycles. The molecule has 110 valence electrons. The average Bonchev–Trinajstić information content (AvgIpc) is 2.56. The van der Waals surface area contributed by atoms with Crippen molar-refractivity contribution in [3.8, 4) is 11.5 Å². The Hall–Kier alpha value is -2.00. The lowest BCUT2D eigenvalue weighted by molar-refractivity contribution is 0.244. The van der Waals surface area contributed by atoms with Gasteiger partial charge in [-0.2, -0.15) is 0 Å². The number of hydrogen-bond acceptors (Lipinski definition) is 3. The van der Waals surface area contributed by atoms with Crippen LogP contribution < -0.4 is 10.1 Å². The van der Waals surface area contributed by atoms with Gasteiger partial charge in [-0.25, -0.2) is 0 Å². The molecular formula is C18H22N2O. The fraction of sp³-hybridized carbons (Fsp3) is 0.333. The van der Waals surface area contributed by atoms with Crippen LogP contribution in [0.2, 0.25) is 0 Å². The highest BCUT2D eigenvalue weighted by molar-refractivity contribution is 5.47. The van der Waals surface area contributed by atoms with E-state index in [1.807, 2.05) is 42.5 Å². The van der Waals surface area contributed by atoms with E-state index >= 15 is 0 Å². The number of piperidine rings is 1. The van der Waals surface area contributed by atoms with Crippen LogP contribution in [-0.4, -0.2) is 24.7 Å². The van der Waals surface area contributed by atoms with Crippen LogP contribution in [-0.2, 0) is 0 Å². The van der Waals surface area contributed by atoms with Crippen molar-refractivity contribution in [1.29, 1.82) is 0 Å². The van der Waals surface area contributed by atoms with Gasteiger partial charge in [0.05, 0.1) is 6.67 Å². The van der Waals surface area contributed by atoms with Crippen molar-refractivity contribution >= 4 is 5.69 Å². The maximum absolute atomic E-state index is 5.79. The molecule has 3 nitrogen and oxygen atoms in total. The molecule has 0 atom stereocenters. The predicted molar refractivity (Wildman–Crippen MR) is 86.9 cm³/mol. The van der Waals surface area contributed by atoms with E-state index in [1.165, 1.54) is 32.4 Å². The summed E-state index contributed by atoms with van der Waals surface area (Å²) in [5.41, 5.74) is 1.14. The van der Waals surface area contributed by atoms with Gasteiger partial charge in [-0.3, -0.25) is 4.90 Å². The summed E-state index contributed by atoms with van der Waals surface area (Å²) in [5.74, 6) is 1.73. The molecule has 1 aliphatic rings. The minimum Gasteiger partial charge on any atom is -0.457 e. The number of likely N-dealkylation sites (tertiary alicyclic amines) is 1. The molecule has 0 unspecified atom stereocenters. The second-order valence-electron chi connectivity index (χ2n) is 5.45. The molecule has 0 spiro atoms. The van der Waals surface area contributed by atoms with Crippen molar-refractivity contribution in [2.45, 2.75) is 19.3 Å². The summed E-state index contributed by atoms with van der Waals surface area (Å²) in [7, 11) is 0. The van der Waals surface area contributed by atoms with Gasteiger partial charge in [-0.15, -0.1) is 0 Å². The zero-order valence-corrected chi connectivity index (χ0v) is 12.3. The Balaban J connectivity index is 1.51. The molecule has 1 fully saturated rings. The van der Waals surface area contributed by atoms with E-state index in [0.717, 1.165) is 23.9 Å². The highest BCUT2D eigenvalue weighted by Crippen LogP contribution is 2.22. The van der Waals surface area contributed by atoms with E-state index < -0.39 is 0 Å². The second kappa shape index (κ2) is 7.14. The standard InChI is InChI=1S/C18H22N2O/c1-3-7-17(8-4-1)21-18-11-9-16(10-12-18)19-15-20-13-5-2-6-14-20/h1,3-4,7-12,19H,2,5-6,13-15H2. The zero-order valence-electron chi connectivity index (χ0n) is 12.3. The molecule has 3 heteroatoms. The van der Waals surface area contributed by atoms with E-state index in [9.17, 15) is 0 Å². The fourth-order valence-corrected chi connectivity index (χ4v) is 2.59. The Morgan fingerprint density at radius 3 is 2.19 bits per heavy atom. The molecule has 1 heterocycles. The molecule has 0 aliphatic carbocycles. The quantitative estimate of drug-likeness (QED) is 0.883. The van der Waals surface area contributed by atoms with E-state index in [2.05, 4.69) is 22.3 Å². The number of para-hydroxylation sites is 1. The van der Waals surface area contributed by atoms with Gasteiger partial charge in [0.15, 0.2) is 0 Å². The molecule has 1 saturated heterocycles. The maximum Gasteiger partial charge on any atom is 0.127 e. The summed E-state index contributed by atoms with van der Waals surface area (Å²) in [6.07, 6.45) is 4.03. The lowest BCUT2D eigenvalue weighted by Gasteiger charge is -2.26. The van der Waals surface area contributed by atoms with Crippen molar-refractivity contribution in [3.05, 3.63) is 54.6 Å². The van der Waals surface area contributed by atoms with Crippen LogP contribution in [0.3, 0.4) is 0 Å². The molecule has 21 heavy (non-hydrogen) atoms. The number of rotatable bonds is 5. The Labute approximate surface area is 126 Å². The van der Waals surface area contributed by atoms with Gasteiger partial charge in [-0.1, -0.05) is 24.6 Å². The normalized spacial score (nSPS) is 15.6. The lowest BCUT2D eigenvalue weighted by Crippen LogP contribution is -2.34. The van der Waals surface area contributed by atoms with Crippen molar-refractivity contribution in [3.63, 3.8) is 0 Å². The summed E-state index contributed by atoms with van der Waals surface area (Å²) in [5, 5.41) is 3.48. The minimum atomic E-state index is 0.865. The van der Waals surface area contributed by atoms with Crippen LogP contribution in [0.4, 0.5) is 5.69 Å². The first-order valence-corrected chi connectivity index (χ1v) is 7.69. The van der Waals surface area contributed by atoms with Gasteiger partial charge in [0.2, 0.25) is 0 Å². The van der Waals surface area contributed by atoms with Crippen LogP contribution in [0, 0.1) is 0 Å². The molecule has 3 rings (SSSR count). The molecule has 0 aromatic heterocycles. The Morgan fingerprint density at radius 1 is 0.810 bits per heavy atom. The third-order valence-electron chi connectivity index (χ3n) is 3.79. The van der Waals surface area contributed by atoms with Gasteiger partial charge in [0, 0.05) is 5.69 Å². The van der Waals surface area contributed by atoms with Crippen molar-refractivity contribution in [2.24, 2.45) is 0 Å². The molecule has 0 saturated carbocycles. The Morgan fingerprint density at radius 2 is 1.48 bits per heavy atom. The minimum absolute atomic E-state index is 0.865. The van der Waals surface area contributed by atoms with E-state index in [-0.39, 0.29) is 0 Å². The van der Waals surface area contributed by atoms with E-state index in [0.29, 0.717) is 0 Å². The Kier molecular flexibility index (Phi) is 4.74. The SMILES string of the molecule is c1ccc(Oc2ccc(NCN3CCCCC3)cc2)cc1. The zero-order chi connectivity index (χ0) is 14.3. The number of hydrogen-bond donors (Lipinski definition) is 1. The summed E-state index contributed by atoms with van der Waals surface area (Å²) in [4.78, 5) is 2.47. The van der Waals surface area contributed by atoms with Gasteiger partial charge in [-0.05, 0) is 62.3 Å². The number of ether oxygens (including phenoxy) is 1. The fourth-order valence-electron chi connectivity index (χ4n) is 2.59. The smallest absolute Gasteiger partial charge is 0.127 e. The predicted octanol–water partition coefficient (Wildman–Crippen LogP) is 4.33. The summed E-state index contributed by atoms with van der Waals surface area (Å²) in [6.45, 7) is 3.35. The first-order chi connectivity index (χ1) is 10.4. The van der Waals surface area contributed by atoms with Crippen molar-refractivity contribution < 1.29 is 4.74 Å². The summed E-state index contributed by atoms with van der Waals surface area (Å²) < 4.78 is 5.79. The largest absolute Gasteiger partial charge is 0.457 e. The number of nitrogens with one attached hydrogen (secondary N) is 1. The van der Waals surface area contributed by atoms with Crippen molar-refractivity contribution in [2.75, 3.05) is 25.1 Å². The van der Waals surface area contributed by atoms with E-state index in [1.54, 1.807) is 0 Å². The third-order valence-corrected chi connectivity index (χ3v) is 3.79. The van der Waals surface area contributed by atoms with Gasteiger partial charge >= 0.3 is 0 Å². The molecule has 0 bridgehead atoms. The molecule has 2 aromatic carbocycles. The van der Waals surface area contributed by atoms with Crippen molar-refractivity contribution in [1.82, 2.24) is 4.90 Å². The molecular weight excluding hydrogens is 260 g/mol. The first-order valence-electron chi connectivity index (χ1n) is 7.69. The van der Waals surface area contributed by atoms with Gasteiger partial charge < -0.3 is 10.1 Å². The molecule has 0 radical (unpaired) electrons. The number of benzene rings is 2. The summed E-state index contributed by atoms with van der Waals surface area (Å²) in [6, 6.07) is 18.0. The average molecular weight is 282 g/mol. The highest BCUT2D eigenvalue weighted by atomic mass is 16.5. The monoisotopic (exact) mass is 282 g/mol. The topological polar surface area (TPSA) is 24.5 Å². The first kappa shape index (κ1) is 14.0. The van der Waals surface area contributed by atoms with Crippen LogP contribution in [0.1, 0.15) is 19.3 Å². The summed E-state index contributed by atoms with van der Waals surface area (Å²) >= 11 is 0. The molecule has 0 amide bonds. The van der Waals surface area contributed by atoms with Gasteiger partial charge in [0.25, 0.3) is 0 Å². The second-order valence-corrected chi connectivity index (χ2v) is 5.45. The van der Waals surface area contributed by atoms with Crippen LogP contribution in [0.5, 0.6) is 11.5 Å². The number of anilines is 1. The molecule has 1 N–H and O–H groups in total.